The van der Waals surface area contributed by atoms with E-state index in [0.717, 1.165) is 35.2 Å². The number of aliphatic carboxylic acids is 1. The molecule has 6 nitrogen and oxygen atoms in total. The molecular weight excluding hydrogens is 342 g/mol. The number of phenols is 1. The van der Waals surface area contributed by atoms with Gasteiger partial charge in [0.05, 0.1) is 17.0 Å². The topological polar surface area (TPSA) is 86.6 Å². The predicted octanol–water partition coefficient (Wildman–Crippen LogP) is 3.61. The van der Waals surface area contributed by atoms with E-state index >= 15 is 0 Å². The first-order chi connectivity index (χ1) is 13.0. The maximum Gasteiger partial charge on any atom is 0.308 e. The van der Waals surface area contributed by atoms with Crippen LogP contribution in [0.2, 0.25) is 0 Å². The van der Waals surface area contributed by atoms with E-state index in [1.165, 1.54) is 0 Å². The van der Waals surface area contributed by atoms with Crippen molar-refractivity contribution >= 4 is 22.7 Å². The number of anilines is 1. The SMILES string of the molecule is Cc1ccc2c(N3CCC[C@@H](C(=O)O)C3)nc(-c3ccccc3O)nc2c1. The Hall–Kier alpha value is -3.15. The lowest BCUT2D eigenvalue weighted by Crippen LogP contribution is -2.39. The summed E-state index contributed by atoms with van der Waals surface area (Å²) in [6.45, 7) is 3.18. The molecule has 0 spiro atoms. The second-order valence-corrected chi connectivity index (χ2v) is 7.03. The van der Waals surface area contributed by atoms with Crippen molar-refractivity contribution in [1.82, 2.24) is 9.97 Å². The lowest BCUT2D eigenvalue weighted by molar-refractivity contribution is -0.141. The van der Waals surface area contributed by atoms with Gasteiger partial charge in [-0.1, -0.05) is 18.2 Å². The third-order valence-corrected chi connectivity index (χ3v) is 5.05. The highest BCUT2D eigenvalue weighted by atomic mass is 16.4. The number of benzene rings is 2. The van der Waals surface area contributed by atoms with Crippen LogP contribution in [0.4, 0.5) is 5.82 Å². The molecule has 1 aromatic heterocycles. The van der Waals surface area contributed by atoms with Gasteiger partial charge in [0.2, 0.25) is 0 Å². The summed E-state index contributed by atoms with van der Waals surface area (Å²) in [7, 11) is 0. The van der Waals surface area contributed by atoms with E-state index in [9.17, 15) is 15.0 Å². The Morgan fingerprint density at radius 2 is 2.00 bits per heavy atom. The van der Waals surface area contributed by atoms with Crippen LogP contribution in [0.1, 0.15) is 18.4 Å². The summed E-state index contributed by atoms with van der Waals surface area (Å²) in [5.74, 6) is 0.123. The minimum Gasteiger partial charge on any atom is -0.507 e. The molecule has 1 atom stereocenters. The van der Waals surface area contributed by atoms with E-state index in [1.807, 2.05) is 36.1 Å². The minimum atomic E-state index is -0.769. The van der Waals surface area contributed by atoms with Gasteiger partial charge in [-0.3, -0.25) is 4.79 Å². The van der Waals surface area contributed by atoms with Crippen molar-refractivity contribution in [3.63, 3.8) is 0 Å². The molecule has 0 saturated carbocycles. The van der Waals surface area contributed by atoms with Crippen LogP contribution in [-0.2, 0) is 4.79 Å². The molecule has 0 aliphatic carbocycles. The average molecular weight is 363 g/mol. The predicted molar refractivity (Wildman–Crippen MR) is 104 cm³/mol. The van der Waals surface area contributed by atoms with E-state index in [2.05, 4.69) is 4.98 Å². The van der Waals surface area contributed by atoms with Crippen LogP contribution in [0, 0.1) is 12.8 Å². The van der Waals surface area contributed by atoms with Gasteiger partial charge in [0.15, 0.2) is 5.82 Å². The number of para-hydroxylation sites is 1. The molecule has 2 aromatic carbocycles. The largest absolute Gasteiger partial charge is 0.507 e. The molecule has 0 unspecified atom stereocenters. The summed E-state index contributed by atoms with van der Waals surface area (Å²) in [6.07, 6.45) is 1.49. The summed E-state index contributed by atoms with van der Waals surface area (Å²) in [4.78, 5) is 22.9. The summed E-state index contributed by atoms with van der Waals surface area (Å²) in [6, 6.07) is 13.0. The van der Waals surface area contributed by atoms with Gasteiger partial charge >= 0.3 is 5.97 Å². The Labute approximate surface area is 157 Å². The Balaban J connectivity index is 1.88. The molecule has 3 aromatic rings. The number of hydrogen-bond acceptors (Lipinski definition) is 5. The zero-order valence-electron chi connectivity index (χ0n) is 15.1. The van der Waals surface area contributed by atoms with Crippen molar-refractivity contribution in [2.45, 2.75) is 19.8 Å². The number of aromatic hydroxyl groups is 1. The number of fused-ring (bicyclic) bond motifs is 1. The van der Waals surface area contributed by atoms with E-state index < -0.39 is 11.9 Å². The van der Waals surface area contributed by atoms with Crippen molar-refractivity contribution in [1.29, 1.82) is 0 Å². The molecule has 138 valence electrons. The number of rotatable bonds is 3. The highest BCUT2D eigenvalue weighted by molar-refractivity contribution is 5.92. The number of nitrogens with zero attached hydrogens (tertiary/aromatic N) is 3. The van der Waals surface area contributed by atoms with E-state index in [1.54, 1.807) is 18.2 Å². The van der Waals surface area contributed by atoms with Gasteiger partial charge < -0.3 is 15.1 Å². The molecule has 0 bridgehead atoms. The van der Waals surface area contributed by atoms with Gasteiger partial charge in [-0.25, -0.2) is 9.97 Å². The first-order valence-corrected chi connectivity index (χ1v) is 9.07. The fourth-order valence-electron chi connectivity index (χ4n) is 3.62. The van der Waals surface area contributed by atoms with E-state index in [0.29, 0.717) is 24.4 Å². The number of carbonyl (C=O) groups is 1. The van der Waals surface area contributed by atoms with Gasteiger partial charge in [0.1, 0.15) is 11.6 Å². The van der Waals surface area contributed by atoms with Crippen LogP contribution in [0.25, 0.3) is 22.3 Å². The molecular formula is C21H21N3O3. The average Bonchev–Trinajstić information content (AvgIpc) is 2.67. The lowest BCUT2D eigenvalue weighted by atomic mass is 9.98. The Morgan fingerprint density at radius 1 is 1.19 bits per heavy atom. The van der Waals surface area contributed by atoms with Crippen molar-refractivity contribution < 1.29 is 15.0 Å². The smallest absolute Gasteiger partial charge is 0.308 e. The number of phenolic OH excluding ortho intramolecular Hbond substituents is 1. The second kappa shape index (κ2) is 6.87. The maximum absolute atomic E-state index is 11.5. The summed E-state index contributed by atoms with van der Waals surface area (Å²) >= 11 is 0. The van der Waals surface area contributed by atoms with Crippen LogP contribution >= 0.6 is 0 Å². The third-order valence-electron chi connectivity index (χ3n) is 5.05. The van der Waals surface area contributed by atoms with Gasteiger partial charge in [0.25, 0.3) is 0 Å². The maximum atomic E-state index is 11.5. The number of carboxylic acids is 1. The minimum absolute atomic E-state index is 0.123. The molecule has 27 heavy (non-hydrogen) atoms. The quantitative estimate of drug-likeness (QED) is 0.739. The molecule has 0 radical (unpaired) electrons. The fraction of sp³-hybridized carbons (Fsp3) is 0.286. The third kappa shape index (κ3) is 3.30. The normalized spacial score (nSPS) is 17.2. The number of hydrogen-bond donors (Lipinski definition) is 2. The Kier molecular flexibility index (Phi) is 4.39. The molecule has 1 saturated heterocycles. The van der Waals surface area contributed by atoms with Crippen molar-refractivity contribution in [2.24, 2.45) is 5.92 Å². The molecule has 6 heteroatoms. The van der Waals surface area contributed by atoms with Gasteiger partial charge in [-0.05, 0) is 49.6 Å². The zero-order valence-corrected chi connectivity index (χ0v) is 15.1. The van der Waals surface area contributed by atoms with E-state index in [-0.39, 0.29) is 5.75 Å². The molecule has 1 fully saturated rings. The van der Waals surface area contributed by atoms with Crippen molar-refractivity contribution in [3.8, 4) is 17.1 Å². The van der Waals surface area contributed by atoms with E-state index in [4.69, 9.17) is 4.98 Å². The molecule has 2 N–H and O–H groups in total. The van der Waals surface area contributed by atoms with Crippen LogP contribution in [0.5, 0.6) is 5.75 Å². The van der Waals surface area contributed by atoms with Crippen molar-refractivity contribution in [3.05, 3.63) is 48.0 Å². The molecule has 4 rings (SSSR count). The van der Waals surface area contributed by atoms with Gasteiger partial charge in [-0.15, -0.1) is 0 Å². The molecule has 1 aliphatic rings. The van der Waals surface area contributed by atoms with Crippen LogP contribution in [0.15, 0.2) is 42.5 Å². The summed E-state index contributed by atoms with van der Waals surface area (Å²) in [5, 5.41) is 20.6. The first-order valence-electron chi connectivity index (χ1n) is 9.07. The number of aromatic nitrogens is 2. The van der Waals surface area contributed by atoms with Crippen LogP contribution in [0.3, 0.4) is 0 Å². The number of carboxylic acid groups (broad SMARTS) is 1. The monoisotopic (exact) mass is 363 g/mol. The van der Waals surface area contributed by atoms with Crippen LogP contribution < -0.4 is 4.90 Å². The fourth-order valence-corrected chi connectivity index (χ4v) is 3.62. The van der Waals surface area contributed by atoms with Crippen molar-refractivity contribution in [2.75, 3.05) is 18.0 Å². The van der Waals surface area contributed by atoms with Gasteiger partial charge in [-0.2, -0.15) is 0 Å². The molecule has 1 aliphatic heterocycles. The number of piperidine rings is 1. The zero-order chi connectivity index (χ0) is 19.0. The number of aryl methyl sites for hydroxylation is 1. The Bertz CT molecular complexity index is 1020. The van der Waals surface area contributed by atoms with Gasteiger partial charge in [0, 0.05) is 18.5 Å². The van der Waals surface area contributed by atoms with Crippen LogP contribution in [-0.4, -0.2) is 39.2 Å². The standard InChI is InChI=1S/C21H21N3O3/c1-13-8-9-15-17(11-13)22-19(16-6-2-3-7-18(16)25)23-20(15)24-10-4-5-14(12-24)21(26)27/h2-3,6-9,11,14,25H,4-5,10,12H2,1H3,(H,26,27)/t14-/m1/s1. The second-order valence-electron chi connectivity index (χ2n) is 7.03. The Morgan fingerprint density at radius 3 is 2.78 bits per heavy atom. The first kappa shape index (κ1) is 17.3. The highest BCUT2D eigenvalue weighted by Crippen LogP contribution is 2.33. The lowest BCUT2D eigenvalue weighted by Gasteiger charge is -2.32. The highest BCUT2D eigenvalue weighted by Gasteiger charge is 2.27. The molecule has 2 heterocycles. The summed E-state index contributed by atoms with van der Waals surface area (Å²) < 4.78 is 0. The molecule has 0 amide bonds. The summed E-state index contributed by atoms with van der Waals surface area (Å²) in [5.41, 5.74) is 2.43.